The van der Waals surface area contributed by atoms with Gasteiger partial charge in [-0.1, -0.05) is 18.2 Å². The molecule has 0 aliphatic heterocycles. The minimum Gasteiger partial charge on any atom is -0.331 e. The van der Waals surface area contributed by atoms with Gasteiger partial charge in [-0.3, -0.25) is 0 Å². The molecule has 0 amide bonds. The lowest BCUT2D eigenvalue weighted by atomic mass is 10.7. The van der Waals surface area contributed by atoms with Crippen LogP contribution in [0.25, 0.3) is 0 Å². The highest BCUT2D eigenvalue weighted by atomic mass is 28.3. The zero-order chi connectivity index (χ0) is 10.2. The average molecular weight is 195 g/mol. The highest BCUT2D eigenvalue weighted by molar-refractivity contribution is 6.81. The normalized spacial score (nSPS) is 10.8. The molecule has 13 heavy (non-hydrogen) atoms. The second kappa shape index (κ2) is 6.86. The highest BCUT2D eigenvalue weighted by Crippen LogP contribution is 2.26. The van der Waals surface area contributed by atoms with E-state index in [9.17, 15) is 0 Å². The summed E-state index contributed by atoms with van der Waals surface area (Å²) >= 11 is 0. The minimum atomic E-state index is -1.27. The highest BCUT2D eigenvalue weighted by Gasteiger charge is 2.27. The molecule has 0 spiro atoms. The summed E-state index contributed by atoms with van der Waals surface area (Å²) in [7, 11) is -1.27. The molecule has 0 saturated carbocycles. The van der Waals surface area contributed by atoms with Crippen LogP contribution in [0.5, 0.6) is 0 Å². The number of rotatable bonds is 8. The fourth-order valence-corrected chi connectivity index (χ4v) is 5.34. The fourth-order valence-electron chi connectivity index (χ4n) is 1.78. The molecule has 0 unspecified atom stereocenters. The van der Waals surface area contributed by atoms with Crippen molar-refractivity contribution in [2.45, 2.75) is 24.2 Å². The first-order valence-electron chi connectivity index (χ1n) is 4.77. The van der Waals surface area contributed by atoms with Crippen LogP contribution in [-0.2, 0) is 0 Å². The second-order valence-corrected chi connectivity index (χ2v) is 8.24. The minimum absolute atomic E-state index is 0.780. The van der Waals surface area contributed by atoms with Crippen molar-refractivity contribution >= 4 is 8.07 Å². The molecule has 2 N–H and O–H groups in total. The van der Waals surface area contributed by atoms with E-state index in [2.05, 4.69) is 19.7 Å². The maximum atomic E-state index is 5.64. The first kappa shape index (κ1) is 12.4. The van der Waals surface area contributed by atoms with Gasteiger partial charge >= 0.3 is 0 Å². The van der Waals surface area contributed by atoms with Crippen molar-refractivity contribution in [3.05, 3.63) is 38.0 Å². The van der Waals surface area contributed by atoms with Crippen LogP contribution in [-0.4, -0.2) is 14.6 Å². The molecule has 0 fully saturated rings. The van der Waals surface area contributed by atoms with Crippen LogP contribution < -0.4 is 5.73 Å². The molecule has 0 atom stereocenters. The summed E-state index contributed by atoms with van der Waals surface area (Å²) in [5.74, 6) is 0. The maximum Gasteiger partial charge on any atom is 0.0660 e. The third-order valence-electron chi connectivity index (χ3n) is 2.41. The van der Waals surface area contributed by atoms with E-state index in [0.717, 1.165) is 30.7 Å². The Labute approximate surface area is 83.0 Å². The second-order valence-electron chi connectivity index (χ2n) is 3.52. The van der Waals surface area contributed by atoms with Gasteiger partial charge in [0, 0.05) is 0 Å². The lowest BCUT2D eigenvalue weighted by molar-refractivity contribution is 1.06. The molecule has 74 valence electrons. The molecule has 0 aromatic rings. The number of allylic oxidation sites excluding steroid dienone is 3. The molecule has 0 aromatic heterocycles. The van der Waals surface area contributed by atoms with Crippen LogP contribution >= 0.6 is 0 Å². The standard InChI is InChI=1S/C11H21NSi/c1-4-8-13(9-5-2,10-6-3)11-7-12/h4-6H,1-3,7-12H2. The van der Waals surface area contributed by atoms with E-state index in [4.69, 9.17) is 5.73 Å². The van der Waals surface area contributed by atoms with Gasteiger partial charge < -0.3 is 5.73 Å². The Morgan fingerprint density at radius 3 is 1.54 bits per heavy atom. The predicted molar refractivity (Wildman–Crippen MR) is 64.6 cm³/mol. The van der Waals surface area contributed by atoms with Gasteiger partial charge in [-0.15, -0.1) is 19.7 Å². The van der Waals surface area contributed by atoms with Crippen LogP contribution in [0.3, 0.4) is 0 Å². The molecule has 0 bridgehead atoms. The smallest absolute Gasteiger partial charge is 0.0660 e. The van der Waals surface area contributed by atoms with E-state index in [-0.39, 0.29) is 0 Å². The first-order valence-corrected chi connectivity index (χ1v) is 7.60. The Morgan fingerprint density at radius 1 is 0.923 bits per heavy atom. The fraction of sp³-hybridized carbons (Fsp3) is 0.455. The molecule has 0 aromatic carbocycles. The Balaban J connectivity index is 4.44. The maximum absolute atomic E-state index is 5.64. The van der Waals surface area contributed by atoms with Gasteiger partial charge in [0.25, 0.3) is 0 Å². The van der Waals surface area contributed by atoms with E-state index >= 15 is 0 Å². The van der Waals surface area contributed by atoms with Gasteiger partial charge in [-0.05, 0) is 30.7 Å². The summed E-state index contributed by atoms with van der Waals surface area (Å²) in [5.41, 5.74) is 5.64. The van der Waals surface area contributed by atoms with Crippen molar-refractivity contribution in [1.82, 2.24) is 0 Å². The molecular formula is C11H21NSi. The molecule has 1 nitrogen and oxygen atoms in total. The third-order valence-corrected chi connectivity index (χ3v) is 7.22. The quantitative estimate of drug-likeness (QED) is 0.468. The van der Waals surface area contributed by atoms with Crippen LogP contribution in [0.2, 0.25) is 24.2 Å². The van der Waals surface area contributed by atoms with E-state index in [1.165, 1.54) is 0 Å². The van der Waals surface area contributed by atoms with Crippen molar-refractivity contribution in [3.63, 3.8) is 0 Å². The molecule has 0 heterocycles. The zero-order valence-corrected chi connectivity index (χ0v) is 9.47. The van der Waals surface area contributed by atoms with Crippen LogP contribution in [0.15, 0.2) is 38.0 Å². The Kier molecular flexibility index (Phi) is 6.55. The Hall–Kier alpha value is -0.603. The number of hydrogen-bond donors (Lipinski definition) is 1. The molecule has 0 aliphatic carbocycles. The van der Waals surface area contributed by atoms with Gasteiger partial charge in [0.2, 0.25) is 0 Å². The van der Waals surface area contributed by atoms with E-state index in [1.807, 2.05) is 18.2 Å². The third kappa shape index (κ3) is 4.25. The molecular weight excluding hydrogens is 174 g/mol. The van der Waals surface area contributed by atoms with Crippen molar-refractivity contribution < 1.29 is 0 Å². The largest absolute Gasteiger partial charge is 0.331 e. The van der Waals surface area contributed by atoms with Crippen LogP contribution in [0.4, 0.5) is 0 Å². The SMILES string of the molecule is C=CC[Si](CC=C)(CC=C)CCN. The summed E-state index contributed by atoms with van der Waals surface area (Å²) in [4.78, 5) is 0. The zero-order valence-electron chi connectivity index (χ0n) is 8.47. The van der Waals surface area contributed by atoms with E-state index in [1.54, 1.807) is 0 Å². The van der Waals surface area contributed by atoms with Gasteiger partial charge in [0.1, 0.15) is 0 Å². The molecule has 0 saturated heterocycles. The summed E-state index contributed by atoms with van der Waals surface area (Å²) < 4.78 is 0. The lowest BCUT2D eigenvalue weighted by Crippen LogP contribution is -2.34. The molecule has 0 radical (unpaired) electrons. The van der Waals surface area contributed by atoms with Crippen molar-refractivity contribution in [3.8, 4) is 0 Å². The monoisotopic (exact) mass is 195 g/mol. The first-order chi connectivity index (χ1) is 6.24. The van der Waals surface area contributed by atoms with Crippen LogP contribution in [0.1, 0.15) is 0 Å². The number of nitrogens with two attached hydrogens (primary N) is 1. The van der Waals surface area contributed by atoms with Crippen molar-refractivity contribution in [2.75, 3.05) is 6.54 Å². The van der Waals surface area contributed by atoms with E-state index < -0.39 is 8.07 Å². The topological polar surface area (TPSA) is 26.0 Å². The Bertz CT molecular complexity index is 148. The number of hydrogen-bond acceptors (Lipinski definition) is 1. The van der Waals surface area contributed by atoms with Crippen LogP contribution in [0, 0.1) is 0 Å². The van der Waals surface area contributed by atoms with E-state index in [0.29, 0.717) is 0 Å². The van der Waals surface area contributed by atoms with Crippen molar-refractivity contribution in [2.24, 2.45) is 5.73 Å². The summed E-state index contributed by atoms with van der Waals surface area (Å²) in [6.45, 7) is 12.2. The molecule has 0 aliphatic rings. The summed E-state index contributed by atoms with van der Waals surface area (Å²) in [5, 5.41) is 0. The average Bonchev–Trinajstić information content (AvgIpc) is 2.06. The summed E-state index contributed by atoms with van der Waals surface area (Å²) in [6, 6.07) is 4.53. The molecule has 2 heteroatoms. The summed E-state index contributed by atoms with van der Waals surface area (Å²) in [6.07, 6.45) is 6.07. The van der Waals surface area contributed by atoms with Gasteiger partial charge in [-0.2, -0.15) is 0 Å². The predicted octanol–water partition coefficient (Wildman–Crippen LogP) is 2.95. The Morgan fingerprint density at radius 2 is 1.31 bits per heavy atom. The van der Waals surface area contributed by atoms with Gasteiger partial charge in [-0.25, -0.2) is 0 Å². The molecule has 0 rings (SSSR count). The lowest BCUT2D eigenvalue weighted by Gasteiger charge is -2.27. The van der Waals surface area contributed by atoms with Gasteiger partial charge in [0.05, 0.1) is 8.07 Å². The van der Waals surface area contributed by atoms with Gasteiger partial charge in [0.15, 0.2) is 0 Å². The van der Waals surface area contributed by atoms with Crippen molar-refractivity contribution in [1.29, 1.82) is 0 Å².